The lowest BCUT2D eigenvalue weighted by atomic mass is 10.2. The van der Waals surface area contributed by atoms with Gasteiger partial charge in [-0.15, -0.1) is 0 Å². The molecule has 0 saturated carbocycles. The molecule has 1 nitrogen and oxygen atoms in total. The molecule has 0 aliphatic rings. The highest BCUT2D eigenvalue weighted by Crippen LogP contribution is 1.94. The number of aryl methyl sites for hydroxylation is 2. The topological polar surface area (TPSA) is 3.88 Å². The summed E-state index contributed by atoms with van der Waals surface area (Å²) in [5.41, 5.74) is 1.33. The van der Waals surface area contributed by atoms with Crippen molar-refractivity contribution in [3.8, 4) is 0 Å². The molecule has 2 heteroatoms. The SMILES string of the molecule is CCCCC[n+]1ccc(C)cc1.[Cl-]. The normalized spacial score (nSPS) is 9.38. The molecule has 0 unspecified atom stereocenters. The summed E-state index contributed by atoms with van der Waals surface area (Å²) < 4.78 is 2.25. The standard InChI is InChI=1S/C11H18N.ClH/c1-3-4-5-8-12-9-6-11(2)7-10-12;/h6-7,9-10H,3-5,8H2,1-2H3;1H/q+1;/p-1. The molecule has 0 bridgehead atoms. The van der Waals surface area contributed by atoms with E-state index in [1.807, 2.05) is 0 Å². The van der Waals surface area contributed by atoms with E-state index < -0.39 is 0 Å². The van der Waals surface area contributed by atoms with Gasteiger partial charge >= 0.3 is 0 Å². The van der Waals surface area contributed by atoms with Crippen LogP contribution in [0.1, 0.15) is 31.7 Å². The molecule has 13 heavy (non-hydrogen) atoms. The van der Waals surface area contributed by atoms with Gasteiger partial charge in [0.15, 0.2) is 12.4 Å². The van der Waals surface area contributed by atoms with Crippen LogP contribution in [-0.4, -0.2) is 0 Å². The van der Waals surface area contributed by atoms with Crippen molar-refractivity contribution < 1.29 is 17.0 Å². The van der Waals surface area contributed by atoms with Crippen LogP contribution in [0.5, 0.6) is 0 Å². The van der Waals surface area contributed by atoms with Crippen LogP contribution in [-0.2, 0) is 6.54 Å². The predicted molar refractivity (Wildman–Crippen MR) is 50.9 cm³/mol. The van der Waals surface area contributed by atoms with E-state index in [1.165, 1.54) is 24.8 Å². The molecule has 0 aliphatic carbocycles. The Kier molecular flexibility index (Phi) is 6.61. The van der Waals surface area contributed by atoms with Gasteiger partial charge in [0.25, 0.3) is 0 Å². The predicted octanol–water partition coefficient (Wildman–Crippen LogP) is -0.523. The maximum absolute atomic E-state index is 2.25. The summed E-state index contributed by atoms with van der Waals surface area (Å²) in [6, 6.07) is 4.32. The Morgan fingerprint density at radius 1 is 1.15 bits per heavy atom. The fourth-order valence-electron chi connectivity index (χ4n) is 1.23. The van der Waals surface area contributed by atoms with Crippen molar-refractivity contribution in [1.82, 2.24) is 0 Å². The van der Waals surface area contributed by atoms with E-state index in [2.05, 4.69) is 42.9 Å². The van der Waals surface area contributed by atoms with Gasteiger partial charge in [-0.25, -0.2) is 4.57 Å². The van der Waals surface area contributed by atoms with Crippen molar-refractivity contribution in [3.63, 3.8) is 0 Å². The zero-order valence-electron chi connectivity index (χ0n) is 8.46. The Hall–Kier alpha value is -0.560. The Labute approximate surface area is 87.2 Å². The molecule has 0 amide bonds. The second kappa shape index (κ2) is 6.90. The molecule has 0 atom stereocenters. The van der Waals surface area contributed by atoms with E-state index in [0.717, 1.165) is 6.54 Å². The Morgan fingerprint density at radius 3 is 2.31 bits per heavy atom. The summed E-state index contributed by atoms with van der Waals surface area (Å²) in [4.78, 5) is 0. The molecule has 74 valence electrons. The van der Waals surface area contributed by atoms with E-state index >= 15 is 0 Å². The summed E-state index contributed by atoms with van der Waals surface area (Å²) in [6.07, 6.45) is 8.24. The van der Waals surface area contributed by atoms with E-state index in [1.54, 1.807) is 0 Å². The molecule has 1 rings (SSSR count). The molecular formula is C11H18ClN. The highest BCUT2D eigenvalue weighted by Gasteiger charge is 1.97. The summed E-state index contributed by atoms with van der Waals surface area (Å²) >= 11 is 0. The minimum atomic E-state index is 0. The smallest absolute Gasteiger partial charge is 0.169 e. The van der Waals surface area contributed by atoms with Crippen LogP contribution in [0, 0.1) is 6.92 Å². The molecule has 0 aliphatic heterocycles. The van der Waals surface area contributed by atoms with Crippen LogP contribution in [0.3, 0.4) is 0 Å². The van der Waals surface area contributed by atoms with Crippen molar-refractivity contribution >= 4 is 0 Å². The molecule has 0 fully saturated rings. The first-order valence-electron chi connectivity index (χ1n) is 4.78. The second-order valence-electron chi connectivity index (χ2n) is 3.32. The lowest BCUT2D eigenvalue weighted by molar-refractivity contribution is -0.697. The minimum absolute atomic E-state index is 0. The third-order valence-electron chi connectivity index (χ3n) is 2.08. The average molecular weight is 200 g/mol. The summed E-state index contributed by atoms with van der Waals surface area (Å²) in [5, 5.41) is 0. The van der Waals surface area contributed by atoms with Gasteiger partial charge in [0, 0.05) is 18.6 Å². The maximum Gasteiger partial charge on any atom is 0.169 e. The van der Waals surface area contributed by atoms with Crippen LogP contribution in [0.15, 0.2) is 24.5 Å². The molecule has 0 N–H and O–H groups in total. The number of pyridine rings is 1. The largest absolute Gasteiger partial charge is 1.00 e. The molecule has 0 radical (unpaired) electrons. The summed E-state index contributed by atoms with van der Waals surface area (Å²) in [7, 11) is 0. The van der Waals surface area contributed by atoms with Gasteiger partial charge in [-0.2, -0.15) is 0 Å². The molecule has 0 saturated heterocycles. The lowest BCUT2D eigenvalue weighted by Gasteiger charge is -1.95. The van der Waals surface area contributed by atoms with E-state index in [9.17, 15) is 0 Å². The van der Waals surface area contributed by atoms with Crippen molar-refractivity contribution in [2.45, 2.75) is 39.7 Å². The first-order valence-corrected chi connectivity index (χ1v) is 4.78. The van der Waals surface area contributed by atoms with Crippen LogP contribution in [0.2, 0.25) is 0 Å². The van der Waals surface area contributed by atoms with E-state index in [4.69, 9.17) is 0 Å². The number of unbranched alkanes of at least 4 members (excludes halogenated alkanes) is 2. The van der Waals surface area contributed by atoms with Gasteiger partial charge in [-0.05, 0) is 18.9 Å². The fraction of sp³-hybridized carbons (Fsp3) is 0.545. The van der Waals surface area contributed by atoms with E-state index in [0.29, 0.717) is 0 Å². The summed E-state index contributed by atoms with van der Waals surface area (Å²) in [5.74, 6) is 0. The number of hydrogen-bond acceptors (Lipinski definition) is 0. The average Bonchev–Trinajstić information content (AvgIpc) is 2.09. The number of aromatic nitrogens is 1. The van der Waals surface area contributed by atoms with Crippen LogP contribution >= 0.6 is 0 Å². The molecular weight excluding hydrogens is 182 g/mol. The zero-order chi connectivity index (χ0) is 8.81. The van der Waals surface area contributed by atoms with E-state index in [-0.39, 0.29) is 12.4 Å². The highest BCUT2D eigenvalue weighted by atomic mass is 35.5. The molecule has 1 heterocycles. The molecule has 1 aromatic heterocycles. The van der Waals surface area contributed by atoms with Crippen molar-refractivity contribution in [1.29, 1.82) is 0 Å². The first kappa shape index (κ1) is 12.4. The van der Waals surface area contributed by atoms with Crippen LogP contribution in [0.4, 0.5) is 0 Å². The summed E-state index contributed by atoms with van der Waals surface area (Å²) in [6.45, 7) is 5.52. The number of halogens is 1. The number of nitrogens with zero attached hydrogens (tertiary/aromatic N) is 1. The molecule has 0 aromatic carbocycles. The second-order valence-corrected chi connectivity index (χ2v) is 3.32. The van der Waals surface area contributed by atoms with Gasteiger partial charge < -0.3 is 12.4 Å². The van der Waals surface area contributed by atoms with Gasteiger partial charge in [0.2, 0.25) is 0 Å². The first-order chi connectivity index (χ1) is 5.83. The zero-order valence-corrected chi connectivity index (χ0v) is 9.22. The van der Waals surface area contributed by atoms with Crippen molar-refractivity contribution in [3.05, 3.63) is 30.1 Å². The maximum atomic E-state index is 2.25. The van der Waals surface area contributed by atoms with Gasteiger partial charge in [-0.1, -0.05) is 13.3 Å². The van der Waals surface area contributed by atoms with Crippen molar-refractivity contribution in [2.24, 2.45) is 0 Å². The molecule has 0 spiro atoms. The van der Waals surface area contributed by atoms with Gasteiger partial charge in [0.05, 0.1) is 0 Å². The Morgan fingerprint density at radius 2 is 1.77 bits per heavy atom. The Balaban J connectivity index is 0.00000144. The third kappa shape index (κ3) is 4.89. The quantitative estimate of drug-likeness (QED) is 0.454. The van der Waals surface area contributed by atoms with Crippen LogP contribution < -0.4 is 17.0 Å². The third-order valence-corrected chi connectivity index (χ3v) is 2.08. The van der Waals surface area contributed by atoms with Crippen LogP contribution in [0.25, 0.3) is 0 Å². The monoisotopic (exact) mass is 199 g/mol. The van der Waals surface area contributed by atoms with Crippen molar-refractivity contribution in [2.75, 3.05) is 0 Å². The van der Waals surface area contributed by atoms with Gasteiger partial charge in [-0.3, -0.25) is 0 Å². The molecule has 1 aromatic rings. The highest BCUT2D eigenvalue weighted by molar-refractivity contribution is 5.03. The number of hydrogen-bond donors (Lipinski definition) is 0. The lowest BCUT2D eigenvalue weighted by Crippen LogP contribution is -3.00. The Bertz CT molecular complexity index is 218. The minimum Gasteiger partial charge on any atom is -1.00 e. The van der Waals surface area contributed by atoms with Gasteiger partial charge in [0.1, 0.15) is 6.54 Å². The number of rotatable bonds is 4. The fourth-order valence-corrected chi connectivity index (χ4v) is 1.23.